The lowest BCUT2D eigenvalue weighted by atomic mass is 9.51. The largest absolute Gasteiger partial charge is 0.611 e. The number of aliphatic hydroxyl groups is 1. The van der Waals surface area contributed by atoms with Gasteiger partial charge >= 0.3 is 0 Å². The van der Waals surface area contributed by atoms with E-state index in [9.17, 15) is 14.5 Å². The molecule has 196 valence electrons. The van der Waals surface area contributed by atoms with Crippen molar-refractivity contribution in [1.29, 1.82) is 0 Å². The number of hydrogen-bond acceptors (Lipinski definition) is 4. The van der Waals surface area contributed by atoms with Gasteiger partial charge in [-0.05, 0) is 117 Å². The van der Waals surface area contributed by atoms with Gasteiger partial charge in [0.2, 0.25) is 0 Å². The van der Waals surface area contributed by atoms with E-state index in [4.69, 9.17) is 4.74 Å². The molecule has 0 heterocycles. The van der Waals surface area contributed by atoms with Gasteiger partial charge in [-0.15, -0.1) is 0 Å². The lowest BCUT2D eigenvalue weighted by Crippen LogP contribution is -2.49. The number of ketones is 1. The number of carbonyl (C=O) groups excluding carboxylic acids is 1. The van der Waals surface area contributed by atoms with Crippen LogP contribution in [0.5, 0.6) is 5.75 Å². The van der Waals surface area contributed by atoms with E-state index in [0.29, 0.717) is 48.2 Å². The molecule has 2 aromatic rings. The number of allylic oxidation sites excluding steroid dienone is 1. The summed E-state index contributed by atoms with van der Waals surface area (Å²) in [6, 6.07) is 17.6. The summed E-state index contributed by atoms with van der Waals surface area (Å²) >= 11 is -1.08. The summed E-state index contributed by atoms with van der Waals surface area (Å²) < 4.78 is 19.0. The molecular weight excluding hydrogens is 480 g/mol. The van der Waals surface area contributed by atoms with Crippen LogP contribution in [0.25, 0.3) is 0 Å². The first-order valence-corrected chi connectivity index (χ1v) is 15.4. The summed E-state index contributed by atoms with van der Waals surface area (Å²) in [6.07, 6.45) is 10.8. The van der Waals surface area contributed by atoms with Crippen molar-refractivity contribution in [2.24, 2.45) is 29.1 Å². The lowest BCUT2D eigenvalue weighted by molar-refractivity contribution is -0.116. The molecule has 2 aromatic carbocycles. The highest BCUT2D eigenvalue weighted by Crippen LogP contribution is 2.63. The fourth-order valence-electron chi connectivity index (χ4n) is 8.33. The number of benzene rings is 2. The van der Waals surface area contributed by atoms with Gasteiger partial charge in [-0.1, -0.05) is 35.9 Å². The van der Waals surface area contributed by atoms with Crippen molar-refractivity contribution in [3.05, 3.63) is 71.8 Å². The van der Waals surface area contributed by atoms with Gasteiger partial charge in [0.1, 0.15) is 11.5 Å². The molecule has 5 unspecified atom stereocenters. The third-order valence-corrected chi connectivity index (χ3v) is 11.4. The van der Waals surface area contributed by atoms with Crippen molar-refractivity contribution >= 4 is 17.0 Å². The van der Waals surface area contributed by atoms with Gasteiger partial charge in [0.15, 0.2) is 10.7 Å². The monoisotopic (exact) mass is 518 g/mol. The van der Waals surface area contributed by atoms with Crippen molar-refractivity contribution in [3.8, 4) is 5.75 Å². The van der Waals surface area contributed by atoms with Crippen LogP contribution in [-0.4, -0.2) is 28.2 Å². The molecule has 0 aromatic heterocycles. The zero-order valence-corrected chi connectivity index (χ0v) is 22.3. The molecular formula is C32H38O4S. The molecule has 4 aliphatic carbocycles. The van der Waals surface area contributed by atoms with Gasteiger partial charge in [-0.25, -0.2) is 0 Å². The third-order valence-electron chi connectivity index (χ3n) is 10.0. The minimum absolute atomic E-state index is 0.0424. The van der Waals surface area contributed by atoms with Crippen LogP contribution in [0, 0.1) is 29.1 Å². The molecule has 0 saturated heterocycles. The van der Waals surface area contributed by atoms with Crippen LogP contribution < -0.4 is 4.74 Å². The number of aliphatic hydroxyl groups excluding tert-OH is 1. The smallest absolute Gasteiger partial charge is 0.155 e. The number of carbonyl (C=O) groups is 1. The Labute approximate surface area is 223 Å². The molecule has 7 atom stereocenters. The Bertz CT molecular complexity index is 1150. The molecule has 0 bridgehead atoms. The van der Waals surface area contributed by atoms with E-state index < -0.39 is 11.2 Å². The van der Waals surface area contributed by atoms with Crippen molar-refractivity contribution in [1.82, 2.24) is 0 Å². The van der Waals surface area contributed by atoms with E-state index in [1.165, 1.54) is 12.0 Å². The quantitative estimate of drug-likeness (QED) is 0.440. The van der Waals surface area contributed by atoms with Gasteiger partial charge in [0.25, 0.3) is 0 Å². The van der Waals surface area contributed by atoms with E-state index in [1.807, 2.05) is 60.7 Å². The molecule has 3 saturated carbocycles. The molecule has 0 amide bonds. The Morgan fingerprint density at radius 1 is 0.973 bits per heavy atom. The third kappa shape index (κ3) is 4.91. The summed E-state index contributed by atoms with van der Waals surface area (Å²) in [5.41, 5.74) is 2.38. The first kappa shape index (κ1) is 25.2. The van der Waals surface area contributed by atoms with Gasteiger partial charge in [0.05, 0.1) is 12.7 Å². The second-order valence-electron chi connectivity index (χ2n) is 11.7. The van der Waals surface area contributed by atoms with Crippen LogP contribution >= 0.6 is 0 Å². The Morgan fingerprint density at radius 3 is 2.70 bits per heavy atom. The molecule has 1 N–H and O–H groups in total. The van der Waals surface area contributed by atoms with Crippen LogP contribution in [0.1, 0.15) is 63.4 Å². The maximum atomic E-state index is 12.7. The lowest BCUT2D eigenvalue weighted by Gasteiger charge is -2.54. The average Bonchev–Trinajstić information content (AvgIpc) is 3.25. The van der Waals surface area contributed by atoms with E-state index in [1.54, 1.807) is 0 Å². The van der Waals surface area contributed by atoms with Crippen LogP contribution in [-0.2, 0) is 21.7 Å². The fourth-order valence-corrected chi connectivity index (χ4v) is 9.44. The zero-order chi connectivity index (χ0) is 25.4. The zero-order valence-electron chi connectivity index (χ0n) is 21.5. The van der Waals surface area contributed by atoms with Gasteiger partial charge < -0.3 is 14.4 Å². The minimum Gasteiger partial charge on any atom is -0.611 e. The average molecular weight is 519 g/mol. The first-order valence-electron chi connectivity index (χ1n) is 14.1. The van der Waals surface area contributed by atoms with Crippen LogP contribution in [0.15, 0.2) is 71.1 Å². The second-order valence-corrected chi connectivity index (χ2v) is 13.2. The second kappa shape index (κ2) is 10.6. The van der Waals surface area contributed by atoms with Crippen molar-refractivity contribution < 1.29 is 19.2 Å². The van der Waals surface area contributed by atoms with Crippen LogP contribution in [0.2, 0.25) is 0 Å². The molecule has 5 heteroatoms. The van der Waals surface area contributed by atoms with Crippen LogP contribution in [0.3, 0.4) is 0 Å². The molecule has 0 aliphatic heterocycles. The number of ether oxygens (including phenoxy) is 1. The number of fused-ring (bicyclic) bond motifs is 5. The standard InChI is InChI=1S/C32H38O4S/c33-24-10-12-27-23(20-24)9-11-29-28(27)15-16-32(30(29)13-14-31(32)34)17-18-36-25-6-4-5-22(19-25)21-37(35)26-7-2-1-3-8-26/h1-8,19-20,27-31,34H,9-18,21H2/t27?,28?,29?,30?,31-,32+,37?/m0/s1. The summed E-state index contributed by atoms with van der Waals surface area (Å²) in [5, 5.41) is 11.2. The van der Waals surface area contributed by atoms with Gasteiger partial charge in [-0.2, -0.15) is 0 Å². The van der Waals surface area contributed by atoms with Crippen molar-refractivity contribution in [2.45, 2.75) is 74.5 Å². The molecule has 6 rings (SSSR count). The molecule has 37 heavy (non-hydrogen) atoms. The summed E-state index contributed by atoms with van der Waals surface area (Å²) in [7, 11) is 0. The summed E-state index contributed by atoms with van der Waals surface area (Å²) in [6.45, 7) is 0.596. The highest BCUT2D eigenvalue weighted by molar-refractivity contribution is 7.90. The highest BCUT2D eigenvalue weighted by Gasteiger charge is 2.57. The minimum atomic E-state index is -1.08. The Morgan fingerprint density at radius 2 is 1.84 bits per heavy atom. The first-order chi connectivity index (χ1) is 18.0. The van der Waals surface area contributed by atoms with E-state index in [0.717, 1.165) is 61.2 Å². The van der Waals surface area contributed by atoms with Crippen molar-refractivity contribution in [3.63, 3.8) is 0 Å². The van der Waals surface area contributed by atoms with E-state index >= 15 is 0 Å². The molecule has 3 fully saturated rings. The predicted molar refractivity (Wildman–Crippen MR) is 146 cm³/mol. The number of rotatable bonds is 7. The molecule has 0 spiro atoms. The number of hydrogen-bond donors (Lipinski definition) is 1. The van der Waals surface area contributed by atoms with E-state index in [-0.39, 0.29) is 11.5 Å². The SMILES string of the molecule is O=C1C=C2CCC3C(CC[C@@]4(CCOc5cccc(C[S+]([O-])c6ccccc6)c5)C3CC[C@@H]4O)C2CC1. The summed E-state index contributed by atoms with van der Waals surface area (Å²) in [4.78, 5) is 12.8. The topological polar surface area (TPSA) is 69.6 Å². The Balaban J connectivity index is 1.10. The highest BCUT2D eigenvalue weighted by atomic mass is 32.2. The molecule has 0 radical (unpaired) electrons. The van der Waals surface area contributed by atoms with Gasteiger partial charge in [-0.3, -0.25) is 4.79 Å². The van der Waals surface area contributed by atoms with E-state index in [2.05, 4.69) is 0 Å². The molecule has 4 nitrogen and oxygen atoms in total. The Kier molecular flexibility index (Phi) is 7.22. The maximum absolute atomic E-state index is 12.7. The summed E-state index contributed by atoms with van der Waals surface area (Å²) in [5.74, 6) is 4.10. The van der Waals surface area contributed by atoms with Crippen LogP contribution in [0.4, 0.5) is 0 Å². The molecule has 4 aliphatic rings. The van der Waals surface area contributed by atoms with Crippen molar-refractivity contribution in [2.75, 3.05) is 6.61 Å². The Hall–Kier alpha value is -2.08. The fraction of sp³-hybridized carbons (Fsp3) is 0.531. The predicted octanol–water partition coefficient (Wildman–Crippen LogP) is 6.25. The van der Waals surface area contributed by atoms with Gasteiger partial charge in [0, 0.05) is 17.4 Å². The normalized spacial score (nSPS) is 33.6. The maximum Gasteiger partial charge on any atom is 0.155 e.